The maximum Gasteiger partial charge on any atom is 0.307 e. The lowest BCUT2D eigenvalue weighted by Crippen LogP contribution is -2.43. The first-order valence-electron chi connectivity index (χ1n) is 9.74. The van der Waals surface area contributed by atoms with E-state index in [2.05, 4.69) is 32.6 Å². The van der Waals surface area contributed by atoms with Gasteiger partial charge in [0.05, 0.1) is 6.42 Å². The van der Waals surface area contributed by atoms with Crippen LogP contribution in [0, 0.1) is 0 Å². The lowest BCUT2D eigenvalue weighted by Gasteiger charge is -2.32. The van der Waals surface area contributed by atoms with Crippen LogP contribution in [0.5, 0.6) is 5.75 Å². The van der Waals surface area contributed by atoms with Gasteiger partial charge in [0.2, 0.25) is 0 Å². The molecule has 0 saturated carbocycles. The molecule has 0 radical (unpaired) electrons. The molecule has 0 heterocycles. The van der Waals surface area contributed by atoms with Crippen LogP contribution in [0.15, 0.2) is 48.5 Å². The summed E-state index contributed by atoms with van der Waals surface area (Å²) in [6.07, 6.45) is -0.619. The van der Waals surface area contributed by atoms with Crippen LogP contribution in [0.3, 0.4) is 0 Å². The van der Waals surface area contributed by atoms with E-state index in [-0.39, 0.29) is 13.0 Å². The van der Waals surface area contributed by atoms with Crippen molar-refractivity contribution in [2.75, 3.05) is 13.2 Å². The first kappa shape index (κ1) is 21.9. The average Bonchev–Trinajstić information content (AvgIpc) is 2.64. The van der Waals surface area contributed by atoms with E-state index in [0.717, 1.165) is 16.7 Å². The van der Waals surface area contributed by atoms with Crippen molar-refractivity contribution in [3.63, 3.8) is 0 Å². The van der Waals surface area contributed by atoms with E-state index >= 15 is 0 Å². The van der Waals surface area contributed by atoms with E-state index in [4.69, 9.17) is 9.84 Å². The molecule has 2 N–H and O–H groups in total. The third-order valence-corrected chi connectivity index (χ3v) is 4.66. The van der Waals surface area contributed by atoms with Crippen LogP contribution in [0.25, 0.3) is 11.1 Å². The number of rotatable bonds is 10. The summed E-state index contributed by atoms with van der Waals surface area (Å²) in [4.78, 5) is 13.2. The predicted molar refractivity (Wildman–Crippen MR) is 112 cm³/mol. The van der Waals surface area contributed by atoms with Gasteiger partial charge in [-0.05, 0) is 44.9 Å². The fraction of sp³-hybridized carbons (Fsp3) is 0.435. The van der Waals surface area contributed by atoms with Gasteiger partial charge in [0, 0.05) is 24.2 Å². The molecule has 2 aromatic carbocycles. The number of aliphatic hydroxyl groups is 1. The zero-order valence-electron chi connectivity index (χ0n) is 17.1. The Kier molecular flexibility index (Phi) is 8.03. The van der Waals surface area contributed by atoms with Gasteiger partial charge in [0.25, 0.3) is 0 Å². The van der Waals surface area contributed by atoms with Gasteiger partial charge in [0.15, 0.2) is 0 Å². The number of para-hydroxylation sites is 1. The highest BCUT2D eigenvalue weighted by Gasteiger charge is 2.18. The summed E-state index contributed by atoms with van der Waals surface area (Å²) in [5, 5.41) is 19.5. The van der Waals surface area contributed by atoms with Gasteiger partial charge in [-0.2, -0.15) is 0 Å². The minimum Gasteiger partial charge on any atom is -0.490 e. The quantitative estimate of drug-likeness (QED) is 0.650. The van der Waals surface area contributed by atoms with Crippen molar-refractivity contribution in [3.8, 4) is 16.9 Å². The molecule has 5 nitrogen and oxygen atoms in total. The Morgan fingerprint density at radius 2 is 1.71 bits per heavy atom. The fourth-order valence-corrected chi connectivity index (χ4v) is 3.35. The van der Waals surface area contributed by atoms with Crippen molar-refractivity contribution in [1.82, 2.24) is 4.90 Å². The first-order chi connectivity index (χ1) is 13.3. The number of hydrogen-bond acceptors (Lipinski definition) is 4. The molecule has 2 aromatic rings. The fourth-order valence-electron chi connectivity index (χ4n) is 3.35. The van der Waals surface area contributed by atoms with Crippen LogP contribution in [0.2, 0.25) is 0 Å². The third-order valence-electron chi connectivity index (χ3n) is 4.66. The lowest BCUT2D eigenvalue weighted by molar-refractivity contribution is -0.136. The van der Waals surface area contributed by atoms with Gasteiger partial charge >= 0.3 is 5.97 Å². The largest absolute Gasteiger partial charge is 0.490 e. The van der Waals surface area contributed by atoms with Crippen LogP contribution in [-0.2, 0) is 11.2 Å². The van der Waals surface area contributed by atoms with Crippen LogP contribution < -0.4 is 4.74 Å². The van der Waals surface area contributed by atoms with Crippen LogP contribution >= 0.6 is 0 Å². The monoisotopic (exact) mass is 385 g/mol. The SMILES string of the molecule is CC(C)N(CC(O)COc1ccccc1-c1cccc(CC(=O)O)c1)C(C)C. The molecular weight excluding hydrogens is 354 g/mol. The molecule has 0 spiro atoms. The molecule has 152 valence electrons. The maximum atomic E-state index is 11.0. The Bertz CT molecular complexity index is 765. The Hall–Kier alpha value is -2.37. The average molecular weight is 386 g/mol. The van der Waals surface area contributed by atoms with E-state index in [1.165, 1.54) is 0 Å². The third kappa shape index (κ3) is 6.36. The van der Waals surface area contributed by atoms with E-state index in [1.807, 2.05) is 42.5 Å². The van der Waals surface area contributed by atoms with Gasteiger partial charge < -0.3 is 14.9 Å². The van der Waals surface area contributed by atoms with Gasteiger partial charge in [0.1, 0.15) is 18.5 Å². The summed E-state index contributed by atoms with van der Waals surface area (Å²) in [6, 6.07) is 15.8. The Morgan fingerprint density at radius 3 is 2.36 bits per heavy atom. The second-order valence-electron chi connectivity index (χ2n) is 7.62. The summed E-state index contributed by atoms with van der Waals surface area (Å²) in [6.45, 7) is 9.22. The number of ether oxygens (including phenoxy) is 1. The summed E-state index contributed by atoms with van der Waals surface area (Å²) in [7, 11) is 0. The minimum absolute atomic E-state index is 0.0180. The number of carboxylic acids is 1. The van der Waals surface area contributed by atoms with Gasteiger partial charge in [-0.1, -0.05) is 42.5 Å². The van der Waals surface area contributed by atoms with Crippen molar-refractivity contribution < 1.29 is 19.7 Å². The Labute approximate surface area is 167 Å². The molecule has 1 atom stereocenters. The van der Waals surface area contributed by atoms with E-state index in [0.29, 0.717) is 24.4 Å². The van der Waals surface area contributed by atoms with Crippen molar-refractivity contribution in [2.45, 2.75) is 52.3 Å². The summed E-state index contributed by atoms with van der Waals surface area (Å²) in [5.41, 5.74) is 2.52. The first-order valence-corrected chi connectivity index (χ1v) is 9.74. The zero-order chi connectivity index (χ0) is 20.7. The number of aliphatic carboxylic acids is 1. The molecule has 0 aromatic heterocycles. The normalized spacial score (nSPS) is 12.6. The second kappa shape index (κ2) is 10.2. The van der Waals surface area contributed by atoms with Crippen molar-refractivity contribution >= 4 is 5.97 Å². The molecule has 0 bridgehead atoms. The van der Waals surface area contributed by atoms with Crippen LogP contribution in [-0.4, -0.2) is 52.4 Å². The molecule has 5 heteroatoms. The highest BCUT2D eigenvalue weighted by molar-refractivity contribution is 5.74. The number of nitrogens with zero attached hydrogens (tertiary/aromatic N) is 1. The maximum absolute atomic E-state index is 11.0. The number of benzene rings is 2. The molecule has 0 saturated heterocycles. The molecule has 0 aliphatic rings. The van der Waals surface area contributed by atoms with E-state index < -0.39 is 12.1 Å². The van der Waals surface area contributed by atoms with E-state index in [9.17, 15) is 9.90 Å². The second-order valence-corrected chi connectivity index (χ2v) is 7.62. The predicted octanol–water partition coefficient (Wildman–Crippen LogP) is 3.84. The standard InChI is InChI=1S/C23H31NO4/c1-16(2)24(17(3)4)14-20(25)15-28-22-11-6-5-10-21(22)19-9-7-8-18(12-19)13-23(26)27/h5-12,16-17,20,25H,13-15H2,1-4H3,(H,26,27). The molecule has 0 aliphatic heterocycles. The smallest absolute Gasteiger partial charge is 0.307 e. The lowest BCUT2D eigenvalue weighted by atomic mass is 10.0. The van der Waals surface area contributed by atoms with Crippen molar-refractivity contribution in [1.29, 1.82) is 0 Å². The molecule has 0 fully saturated rings. The van der Waals surface area contributed by atoms with Crippen molar-refractivity contribution in [3.05, 3.63) is 54.1 Å². The molecule has 0 amide bonds. The Balaban J connectivity index is 2.11. The van der Waals surface area contributed by atoms with Crippen molar-refractivity contribution in [2.24, 2.45) is 0 Å². The zero-order valence-corrected chi connectivity index (χ0v) is 17.1. The summed E-state index contributed by atoms with van der Waals surface area (Å²) >= 11 is 0. The highest BCUT2D eigenvalue weighted by Crippen LogP contribution is 2.30. The minimum atomic E-state index is -0.857. The Morgan fingerprint density at radius 1 is 1.04 bits per heavy atom. The number of carboxylic acid groups (broad SMARTS) is 1. The van der Waals surface area contributed by atoms with Crippen LogP contribution in [0.1, 0.15) is 33.3 Å². The molecule has 0 aliphatic carbocycles. The molecule has 1 unspecified atom stereocenters. The number of aliphatic hydroxyl groups excluding tert-OH is 1. The van der Waals surface area contributed by atoms with Crippen LogP contribution in [0.4, 0.5) is 0 Å². The molecular formula is C23H31NO4. The van der Waals surface area contributed by atoms with Gasteiger partial charge in [-0.3, -0.25) is 9.69 Å². The summed E-state index contributed by atoms with van der Waals surface area (Å²) < 4.78 is 5.94. The molecule has 2 rings (SSSR count). The number of hydrogen-bond donors (Lipinski definition) is 2. The molecule has 28 heavy (non-hydrogen) atoms. The number of carbonyl (C=O) groups is 1. The van der Waals surface area contributed by atoms with Gasteiger partial charge in [-0.25, -0.2) is 0 Å². The van der Waals surface area contributed by atoms with Gasteiger partial charge in [-0.15, -0.1) is 0 Å². The highest BCUT2D eigenvalue weighted by atomic mass is 16.5. The van der Waals surface area contributed by atoms with E-state index in [1.54, 1.807) is 6.07 Å². The summed E-state index contributed by atoms with van der Waals surface area (Å²) in [5.74, 6) is -0.181. The topological polar surface area (TPSA) is 70.0 Å².